The molecule has 0 fully saturated rings. The van der Waals surface area contributed by atoms with Gasteiger partial charge in [0.05, 0.1) is 7.11 Å². The van der Waals surface area contributed by atoms with Crippen LogP contribution < -0.4 is 10.1 Å². The van der Waals surface area contributed by atoms with Crippen molar-refractivity contribution in [1.29, 1.82) is 0 Å². The van der Waals surface area contributed by atoms with Crippen LogP contribution in [-0.4, -0.2) is 36.4 Å². The van der Waals surface area contributed by atoms with E-state index in [1.807, 2.05) is 74.5 Å². The summed E-state index contributed by atoms with van der Waals surface area (Å²) in [4.78, 5) is 28.5. The van der Waals surface area contributed by atoms with E-state index < -0.39 is 6.04 Å². The van der Waals surface area contributed by atoms with Crippen LogP contribution in [0.4, 0.5) is 0 Å². The Morgan fingerprint density at radius 3 is 1.88 bits per heavy atom. The average molecular weight is 459 g/mol. The molecule has 0 aliphatic carbocycles. The Hall–Kier alpha value is -3.60. The summed E-state index contributed by atoms with van der Waals surface area (Å²) in [6.45, 7) is 4.71. The Morgan fingerprint density at radius 2 is 1.41 bits per heavy atom. The molecule has 5 heteroatoms. The normalized spacial score (nSPS) is 11.6. The van der Waals surface area contributed by atoms with Crippen LogP contribution >= 0.6 is 0 Å². The zero-order chi connectivity index (χ0) is 24.3. The molecule has 0 saturated carbocycles. The molecule has 0 bridgehead atoms. The summed E-state index contributed by atoms with van der Waals surface area (Å²) in [6.07, 6.45) is 0.815. The Bertz CT molecular complexity index is 996. The van der Waals surface area contributed by atoms with Crippen LogP contribution in [0.5, 0.6) is 5.75 Å². The maximum absolute atomic E-state index is 13.9. The summed E-state index contributed by atoms with van der Waals surface area (Å²) in [5, 5.41) is 2.90. The van der Waals surface area contributed by atoms with Crippen molar-refractivity contribution in [2.75, 3.05) is 13.7 Å². The van der Waals surface area contributed by atoms with Crippen molar-refractivity contribution in [2.24, 2.45) is 0 Å². The molecule has 34 heavy (non-hydrogen) atoms. The number of likely N-dealkylation sites (N-methyl/N-ethyl adjacent to an activating group) is 1. The van der Waals surface area contributed by atoms with Crippen LogP contribution in [0.3, 0.4) is 0 Å². The molecule has 1 atom stereocenters. The van der Waals surface area contributed by atoms with E-state index >= 15 is 0 Å². The number of rotatable bonds is 11. The van der Waals surface area contributed by atoms with Crippen LogP contribution in [0.15, 0.2) is 84.9 Å². The van der Waals surface area contributed by atoms with Crippen LogP contribution in [0, 0.1) is 0 Å². The number of carbonyl (C=O) groups is 2. The molecule has 0 unspecified atom stereocenters. The number of nitrogens with zero attached hydrogens (tertiary/aromatic N) is 1. The van der Waals surface area contributed by atoms with E-state index in [9.17, 15) is 9.59 Å². The Kier molecular flexibility index (Phi) is 9.27. The fraction of sp³-hybridized carbons (Fsp3) is 0.310. The van der Waals surface area contributed by atoms with Crippen molar-refractivity contribution in [2.45, 2.75) is 45.2 Å². The fourth-order valence-electron chi connectivity index (χ4n) is 4.23. The summed E-state index contributed by atoms with van der Waals surface area (Å²) >= 11 is 0. The maximum Gasteiger partial charge on any atom is 0.242 e. The van der Waals surface area contributed by atoms with E-state index in [0.717, 1.165) is 22.4 Å². The van der Waals surface area contributed by atoms with Gasteiger partial charge in [0.15, 0.2) is 0 Å². The lowest BCUT2D eigenvalue weighted by Gasteiger charge is -2.32. The second kappa shape index (κ2) is 12.6. The predicted molar refractivity (Wildman–Crippen MR) is 136 cm³/mol. The van der Waals surface area contributed by atoms with E-state index in [-0.39, 0.29) is 24.2 Å². The van der Waals surface area contributed by atoms with Gasteiger partial charge < -0.3 is 15.0 Å². The number of hydrogen-bond acceptors (Lipinski definition) is 3. The van der Waals surface area contributed by atoms with E-state index in [1.165, 1.54) is 0 Å². The lowest BCUT2D eigenvalue weighted by atomic mass is 9.88. The minimum absolute atomic E-state index is 0.0494. The minimum atomic E-state index is -0.540. The summed E-state index contributed by atoms with van der Waals surface area (Å²) in [5.74, 6) is 0.486. The SMILES string of the molecule is CCNC(=O)[C@H](CC)N(Cc1ccc(OC)cc1)C(=O)CC(c1ccccc1)c1ccccc1. The molecule has 5 nitrogen and oxygen atoms in total. The number of amides is 2. The standard InChI is InChI=1S/C29H34N2O3/c1-4-27(29(33)30-5-2)31(21-22-16-18-25(34-3)19-17-22)28(32)20-26(23-12-8-6-9-13-23)24-14-10-7-11-15-24/h6-19,26-27H,4-5,20-21H2,1-3H3,(H,30,33)/t27-/m0/s1. The second-order valence-electron chi connectivity index (χ2n) is 8.27. The zero-order valence-corrected chi connectivity index (χ0v) is 20.2. The minimum Gasteiger partial charge on any atom is -0.497 e. The van der Waals surface area contributed by atoms with Gasteiger partial charge in [-0.1, -0.05) is 79.7 Å². The predicted octanol–water partition coefficient (Wildman–Crippen LogP) is 5.16. The Morgan fingerprint density at radius 1 is 0.853 bits per heavy atom. The van der Waals surface area contributed by atoms with Gasteiger partial charge in [0, 0.05) is 25.4 Å². The van der Waals surface area contributed by atoms with Gasteiger partial charge in [0.2, 0.25) is 11.8 Å². The summed E-state index contributed by atoms with van der Waals surface area (Å²) in [7, 11) is 1.63. The Balaban J connectivity index is 1.93. The first kappa shape index (κ1) is 25.0. The van der Waals surface area contributed by atoms with Gasteiger partial charge in [0.1, 0.15) is 11.8 Å². The van der Waals surface area contributed by atoms with Crippen molar-refractivity contribution < 1.29 is 14.3 Å². The van der Waals surface area contributed by atoms with Crippen molar-refractivity contribution >= 4 is 11.8 Å². The summed E-state index contributed by atoms with van der Waals surface area (Å²) < 4.78 is 5.27. The van der Waals surface area contributed by atoms with Gasteiger partial charge in [-0.2, -0.15) is 0 Å². The highest BCUT2D eigenvalue weighted by Crippen LogP contribution is 2.29. The van der Waals surface area contributed by atoms with Gasteiger partial charge in [-0.15, -0.1) is 0 Å². The molecule has 0 aliphatic rings. The molecule has 3 aromatic carbocycles. The van der Waals surface area contributed by atoms with Crippen molar-refractivity contribution in [3.8, 4) is 5.75 Å². The third kappa shape index (κ3) is 6.47. The van der Waals surface area contributed by atoms with Gasteiger partial charge in [0.25, 0.3) is 0 Å². The third-order valence-electron chi connectivity index (χ3n) is 6.03. The molecule has 178 valence electrons. The first-order valence-corrected chi connectivity index (χ1v) is 11.9. The van der Waals surface area contributed by atoms with Crippen molar-refractivity contribution in [3.05, 3.63) is 102 Å². The van der Waals surface area contributed by atoms with E-state index in [1.54, 1.807) is 12.0 Å². The summed E-state index contributed by atoms with van der Waals surface area (Å²) in [6, 6.07) is 27.2. The third-order valence-corrected chi connectivity index (χ3v) is 6.03. The monoisotopic (exact) mass is 458 g/mol. The van der Waals surface area contributed by atoms with Crippen molar-refractivity contribution in [1.82, 2.24) is 10.2 Å². The molecule has 0 aliphatic heterocycles. The molecule has 0 heterocycles. The highest BCUT2D eigenvalue weighted by Gasteiger charge is 2.30. The number of hydrogen-bond donors (Lipinski definition) is 1. The van der Waals surface area contributed by atoms with Crippen LogP contribution in [-0.2, 0) is 16.1 Å². The quantitative estimate of drug-likeness (QED) is 0.432. The Labute approximate surface area is 202 Å². The highest BCUT2D eigenvalue weighted by atomic mass is 16.5. The molecule has 1 N–H and O–H groups in total. The number of benzene rings is 3. The highest BCUT2D eigenvalue weighted by molar-refractivity contribution is 5.88. The first-order chi connectivity index (χ1) is 16.6. The smallest absolute Gasteiger partial charge is 0.242 e. The molecule has 0 radical (unpaired) electrons. The van der Waals surface area contributed by atoms with Gasteiger partial charge in [-0.25, -0.2) is 0 Å². The van der Waals surface area contributed by atoms with E-state index in [2.05, 4.69) is 29.6 Å². The van der Waals surface area contributed by atoms with Gasteiger partial charge in [-0.3, -0.25) is 9.59 Å². The van der Waals surface area contributed by atoms with E-state index in [0.29, 0.717) is 19.5 Å². The van der Waals surface area contributed by atoms with Gasteiger partial charge in [-0.05, 0) is 42.2 Å². The van der Waals surface area contributed by atoms with Crippen LogP contribution in [0.2, 0.25) is 0 Å². The molecule has 0 spiro atoms. The molecular weight excluding hydrogens is 424 g/mol. The first-order valence-electron chi connectivity index (χ1n) is 11.9. The number of carbonyl (C=O) groups excluding carboxylic acids is 2. The fourth-order valence-corrected chi connectivity index (χ4v) is 4.23. The molecular formula is C29H34N2O3. The summed E-state index contributed by atoms with van der Waals surface area (Å²) in [5.41, 5.74) is 3.11. The molecule has 3 aromatic rings. The number of nitrogens with one attached hydrogen (secondary N) is 1. The lowest BCUT2D eigenvalue weighted by molar-refractivity contribution is -0.141. The molecule has 0 aromatic heterocycles. The van der Waals surface area contributed by atoms with Crippen LogP contribution in [0.25, 0.3) is 0 Å². The topological polar surface area (TPSA) is 58.6 Å². The average Bonchev–Trinajstić information content (AvgIpc) is 2.88. The maximum atomic E-state index is 13.9. The molecule has 2 amide bonds. The zero-order valence-electron chi connectivity index (χ0n) is 20.2. The molecule has 0 saturated heterocycles. The largest absolute Gasteiger partial charge is 0.497 e. The second-order valence-corrected chi connectivity index (χ2v) is 8.27. The van der Waals surface area contributed by atoms with Crippen molar-refractivity contribution in [3.63, 3.8) is 0 Å². The number of ether oxygens (including phenoxy) is 1. The van der Waals surface area contributed by atoms with Gasteiger partial charge >= 0.3 is 0 Å². The van der Waals surface area contributed by atoms with Crippen LogP contribution in [0.1, 0.15) is 49.3 Å². The van der Waals surface area contributed by atoms with E-state index in [4.69, 9.17) is 4.74 Å². The molecule has 3 rings (SSSR count). The number of methoxy groups -OCH3 is 1. The lowest BCUT2D eigenvalue weighted by Crippen LogP contribution is -2.49.